The minimum Gasteiger partial charge on any atom is -0.497 e. The molecule has 0 aromatic heterocycles. The zero-order chi connectivity index (χ0) is 16.5. The molecule has 5 heteroatoms. The summed E-state index contributed by atoms with van der Waals surface area (Å²) in [6.07, 6.45) is -0.583. The summed E-state index contributed by atoms with van der Waals surface area (Å²) in [5.41, 5.74) is 0. The van der Waals surface area contributed by atoms with Crippen molar-refractivity contribution in [1.82, 2.24) is 5.32 Å². The molecule has 1 N–H and O–H groups in total. The highest BCUT2D eigenvalue weighted by Gasteiger charge is 2.14. The van der Waals surface area contributed by atoms with E-state index in [2.05, 4.69) is 5.32 Å². The van der Waals surface area contributed by atoms with Gasteiger partial charge in [0.25, 0.3) is 5.91 Å². The smallest absolute Gasteiger partial charge is 0.260 e. The van der Waals surface area contributed by atoms with Crippen LogP contribution in [0.25, 0.3) is 0 Å². The Bertz CT molecular complexity index is 598. The topological polar surface area (TPSA) is 56.8 Å². The second-order valence-electron chi connectivity index (χ2n) is 4.89. The molecule has 1 atom stereocenters. The van der Waals surface area contributed by atoms with Crippen molar-refractivity contribution in [3.8, 4) is 17.2 Å². The van der Waals surface area contributed by atoms with E-state index < -0.39 is 6.10 Å². The van der Waals surface area contributed by atoms with E-state index in [1.165, 1.54) is 0 Å². The Morgan fingerprint density at radius 1 is 1.00 bits per heavy atom. The molecule has 0 radical (unpaired) electrons. The molecule has 2 rings (SSSR count). The maximum atomic E-state index is 12.0. The number of amides is 1. The van der Waals surface area contributed by atoms with Crippen molar-refractivity contribution in [3.05, 3.63) is 54.6 Å². The second kappa shape index (κ2) is 8.68. The van der Waals surface area contributed by atoms with E-state index >= 15 is 0 Å². The van der Waals surface area contributed by atoms with E-state index in [-0.39, 0.29) is 5.91 Å². The Morgan fingerprint density at radius 3 is 2.30 bits per heavy atom. The first-order chi connectivity index (χ1) is 11.2. The van der Waals surface area contributed by atoms with E-state index in [0.717, 1.165) is 11.5 Å². The van der Waals surface area contributed by atoms with Gasteiger partial charge in [0.15, 0.2) is 6.10 Å². The highest BCUT2D eigenvalue weighted by molar-refractivity contribution is 5.80. The van der Waals surface area contributed by atoms with E-state index in [4.69, 9.17) is 14.2 Å². The van der Waals surface area contributed by atoms with Crippen LogP contribution in [0, 0.1) is 0 Å². The van der Waals surface area contributed by atoms with Crippen LogP contribution in [-0.2, 0) is 4.79 Å². The molecule has 5 nitrogen and oxygen atoms in total. The zero-order valence-electron chi connectivity index (χ0n) is 13.3. The maximum absolute atomic E-state index is 12.0. The number of rotatable bonds is 8. The van der Waals surface area contributed by atoms with Crippen molar-refractivity contribution in [2.24, 2.45) is 0 Å². The van der Waals surface area contributed by atoms with Gasteiger partial charge < -0.3 is 19.5 Å². The predicted molar refractivity (Wildman–Crippen MR) is 88.0 cm³/mol. The number of carbonyl (C=O) groups is 1. The molecule has 2 aromatic rings. The molecule has 0 bridgehead atoms. The van der Waals surface area contributed by atoms with Crippen molar-refractivity contribution >= 4 is 5.91 Å². The van der Waals surface area contributed by atoms with Gasteiger partial charge in [-0.1, -0.05) is 18.2 Å². The molecule has 0 unspecified atom stereocenters. The van der Waals surface area contributed by atoms with Gasteiger partial charge in [-0.2, -0.15) is 0 Å². The zero-order valence-corrected chi connectivity index (χ0v) is 13.3. The molecule has 0 saturated carbocycles. The molecule has 0 spiro atoms. The number of methoxy groups -OCH3 is 1. The molecule has 23 heavy (non-hydrogen) atoms. The summed E-state index contributed by atoms with van der Waals surface area (Å²) in [5.74, 6) is 1.96. The molecule has 1 amide bonds. The minimum atomic E-state index is -0.583. The quantitative estimate of drug-likeness (QED) is 0.761. The van der Waals surface area contributed by atoms with E-state index in [9.17, 15) is 4.79 Å². The first-order valence-corrected chi connectivity index (χ1v) is 7.45. The van der Waals surface area contributed by atoms with Crippen molar-refractivity contribution in [2.75, 3.05) is 20.3 Å². The van der Waals surface area contributed by atoms with Gasteiger partial charge in [0, 0.05) is 0 Å². The summed E-state index contributed by atoms with van der Waals surface area (Å²) >= 11 is 0. The number of carbonyl (C=O) groups excluding carboxylic acids is 1. The third kappa shape index (κ3) is 5.54. The fourth-order valence-electron chi connectivity index (χ4n) is 1.92. The van der Waals surface area contributed by atoms with Gasteiger partial charge in [-0.3, -0.25) is 4.79 Å². The monoisotopic (exact) mass is 315 g/mol. The van der Waals surface area contributed by atoms with Gasteiger partial charge in [-0.15, -0.1) is 0 Å². The first kappa shape index (κ1) is 16.7. The SMILES string of the molecule is COc1ccc(O[C@H](C)C(=O)NCCOc2ccccc2)cc1. The Morgan fingerprint density at radius 2 is 1.65 bits per heavy atom. The van der Waals surface area contributed by atoms with Gasteiger partial charge in [0.2, 0.25) is 0 Å². The molecule has 0 saturated heterocycles. The van der Waals surface area contributed by atoms with Crippen LogP contribution in [0.15, 0.2) is 54.6 Å². The van der Waals surface area contributed by atoms with E-state index in [1.807, 2.05) is 30.3 Å². The summed E-state index contributed by atoms with van der Waals surface area (Å²) < 4.78 is 16.2. The number of hydrogen-bond acceptors (Lipinski definition) is 4. The molecule has 122 valence electrons. The summed E-state index contributed by atoms with van der Waals surface area (Å²) in [6.45, 7) is 2.53. The fourth-order valence-corrected chi connectivity index (χ4v) is 1.92. The summed E-state index contributed by atoms with van der Waals surface area (Å²) in [6, 6.07) is 16.6. The number of nitrogens with one attached hydrogen (secondary N) is 1. The van der Waals surface area contributed by atoms with Crippen LogP contribution in [0.1, 0.15) is 6.92 Å². The van der Waals surface area contributed by atoms with Gasteiger partial charge >= 0.3 is 0 Å². The third-order valence-electron chi connectivity index (χ3n) is 3.15. The van der Waals surface area contributed by atoms with Crippen LogP contribution < -0.4 is 19.5 Å². The van der Waals surface area contributed by atoms with E-state index in [1.54, 1.807) is 38.3 Å². The molecule has 0 aliphatic carbocycles. The van der Waals surface area contributed by atoms with Crippen molar-refractivity contribution < 1.29 is 19.0 Å². The Hall–Kier alpha value is -2.69. The highest BCUT2D eigenvalue weighted by Crippen LogP contribution is 2.18. The van der Waals surface area contributed by atoms with Crippen molar-refractivity contribution in [2.45, 2.75) is 13.0 Å². The average Bonchev–Trinajstić information content (AvgIpc) is 2.60. The minimum absolute atomic E-state index is 0.183. The lowest BCUT2D eigenvalue weighted by molar-refractivity contribution is -0.127. The number of para-hydroxylation sites is 1. The Labute approximate surface area is 136 Å². The number of hydrogen-bond donors (Lipinski definition) is 1. The summed E-state index contributed by atoms with van der Waals surface area (Å²) in [5, 5.41) is 2.78. The average molecular weight is 315 g/mol. The van der Waals surface area contributed by atoms with Gasteiger partial charge in [-0.05, 0) is 43.3 Å². The van der Waals surface area contributed by atoms with Gasteiger partial charge in [-0.25, -0.2) is 0 Å². The molecule has 0 fully saturated rings. The lowest BCUT2D eigenvalue weighted by Gasteiger charge is -2.15. The normalized spacial score (nSPS) is 11.4. The molecular formula is C18H21NO4. The third-order valence-corrected chi connectivity index (χ3v) is 3.15. The van der Waals surface area contributed by atoms with Crippen molar-refractivity contribution in [3.63, 3.8) is 0 Å². The predicted octanol–water partition coefficient (Wildman–Crippen LogP) is 2.66. The van der Waals surface area contributed by atoms with Crippen LogP contribution in [0.3, 0.4) is 0 Å². The lowest BCUT2D eigenvalue weighted by atomic mass is 10.3. The van der Waals surface area contributed by atoms with Crippen LogP contribution >= 0.6 is 0 Å². The largest absolute Gasteiger partial charge is 0.497 e. The summed E-state index contributed by atoms with van der Waals surface area (Å²) in [4.78, 5) is 12.0. The molecule has 0 aliphatic heterocycles. The van der Waals surface area contributed by atoms with Crippen LogP contribution in [0.4, 0.5) is 0 Å². The Balaban J connectivity index is 1.69. The lowest BCUT2D eigenvalue weighted by Crippen LogP contribution is -2.38. The molecule has 2 aromatic carbocycles. The molecule has 0 aliphatic rings. The van der Waals surface area contributed by atoms with Crippen LogP contribution in [-0.4, -0.2) is 32.3 Å². The van der Waals surface area contributed by atoms with Gasteiger partial charge in [0.05, 0.1) is 13.7 Å². The van der Waals surface area contributed by atoms with Crippen LogP contribution in [0.5, 0.6) is 17.2 Å². The molecule has 0 heterocycles. The highest BCUT2D eigenvalue weighted by atomic mass is 16.5. The second-order valence-corrected chi connectivity index (χ2v) is 4.89. The van der Waals surface area contributed by atoms with Crippen molar-refractivity contribution in [1.29, 1.82) is 0 Å². The number of ether oxygens (including phenoxy) is 3. The van der Waals surface area contributed by atoms with Crippen LogP contribution in [0.2, 0.25) is 0 Å². The van der Waals surface area contributed by atoms with E-state index in [0.29, 0.717) is 18.9 Å². The molecular weight excluding hydrogens is 294 g/mol. The maximum Gasteiger partial charge on any atom is 0.260 e. The first-order valence-electron chi connectivity index (χ1n) is 7.45. The Kier molecular flexibility index (Phi) is 6.29. The standard InChI is InChI=1S/C18H21NO4/c1-14(23-17-10-8-15(21-2)9-11-17)18(20)19-12-13-22-16-6-4-3-5-7-16/h3-11,14H,12-13H2,1-2H3,(H,19,20)/t14-/m1/s1. The van der Waals surface area contributed by atoms with Gasteiger partial charge in [0.1, 0.15) is 23.9 Å². The number of benzene rings is 2. The fraction of sp³-hybridized carbons (Fsp3) is 0.278. The summed E-state index contributed by atoms with van der Waals surface area (Å²) in [7, 11) is 1.60.